The molecule has 1 aliphatic rings. The number of aliphatic carboxylic acids is 1. The van der Waals surface area contributed by atoms with E-state index < -0.39 is 36.2 Å². The molecule has 3 rings (SSSR count). The molecule has 3 atom stereocenters. The van der Waals surface area contributed by atoms with Crippen LogP contribution in [-0.4, -0.2) is 71.8 Å². The third-order valence-corrected chi connectivity index (χ3v) is 5.26. The molecule has 192 valence electrons. The van der Waals surface area contributed by atoms with Gasteiger partial charge in [-0.15, -0.1) is 0 Å². The van der Waals surface area contributed by atoms with Gasteiger partial charge in [-0.1, -0.05) is 18.2 Å². The van der Waals surface area contributed by atoms with Crippen LogP contribution in [0.2, 0.25) is 0 Å². The van der Waals surface area contributed by atoms with Crippen molar-refractivity contribution in [3.63, 3.8) is 0 Å². The van der Waals surface area contributed by atoms with E-state index in [0.29, 0.717) is 17.4 Å². The number of hydrogen-bond acceptors (Lipinski definition) is 10. The number of rotatable bonds is 6. The number of carbonyl (C=O) groups excluding carboxylic acids is 2. The summed E-state index contributed by atoms with van der Waals surface area (Å²) in [5, 5.41) is 65.1. The molecule has 0 radical (unpaired) electrons. The summed E-state index contributed by atoms with van der Waals surface area (Å²) in [4.78, 5) is 32.6. The molecular formula is C25H26O11. The number of hydrogen-bond donors (Lipinski definition) is 7. The molecule has 2 aromatic carbocycles. The van der Waals surface area contributed by atoms with Gasteiger partial charge in [-0.25, -0.2) is 9.59 Å². The van der Waals surface area contributed by atoms with Gasteiger partial charge in [0.15, 0.2) is 28.6 Å². The van der Waals surface area contributed by atoms with Gasteiger partial charge in [-0.05, 0) is 60.4 Å². The van der Waals surface area contributed by atoms with E-state index in [9.17, 15) is 34.8 Å². The first-order valence-electron chi connectivity index (χ1n) is 10.6. The van der Waals surface area contributed by atoms with Crippen molar-refractivity contribution < 1.29 is 54.9 Å². The predicted octanol–water partition coefficient (Wildman–Crippen LogP) is 1.69. The number of phenols is 4. The molecule has 36 heavy (non-hydrogen) atoms. The Hall–Kier alpha value is -4.35. The minimum Gasteiger partial charge on any atom is -0.504 e. The summed E-state index contributed by atoms with van der Waals surface area (Å²) >= 11 is 0. The molecule has 7 N–H and O–H groups in total. The maximum absolute atomic E-state index is 11.8. The van der Waals surface area contributed by atoms with Crippen LogP contribution < -0.4 is 0 Å². The highest BCUT2D eigenvalue weighted by atomic mass is 16.6. The smallest absolute Gasteiger partial charge is 0.335 e. The van der Waals surface area contributed by atoms with Crippen molar-refractivity contribution in [3.05, 3.63) is 59.7 Å². The number of aliphatic hydroxyl groups is 2. The second-order valence-electron chi connectivity index (χ2n) is 7.95. The molecule has 0 bridgehead atoms. The predicted molar refractivity (Wildman–Crippen MR) is 126 cm³/mol. The van der Waals surface area contributed by atoms with E-state index in [2.05, 4.69) is 0 Å². The molecule has 0 amide bonds. The van der Waals surface area contributed by atoms with E-state index >= 15 is 0 Å². The second kappa shape index (κ2) is 12.4. The number of ether oxygens (including phenoxy) is 1. The number of phenolic OH excluding ortho intramolecular Hbond substituents is 4. The van der Waals surface area contributed by atoms with Crippen LogP contribution in [0, 0.1) is 0 Å². The molecule has 0 saturated heterocycles. The summed E-state index contributed by atoms with van der Waals surface area (Å²) in [5.41, 5.74) is -0.897. The topological polar surface area (TPSA) is 202 Å². The van der Waals surface area contributed by atoms with Crippen molar-refractivity contribution in [1.29, 1.82) is 0 Å². The minimum atomic E-state index is -2.01. The maximum Gasteiger partial charge on any atom is 0.335 e. The van der Waals surface area contributed by atoms with Gasteiger partial charge in [0, 0.05) is 12.5 Å². The summed E-state index contributed by atoms with van der Waals surface area (Å²) in [6.07, 6.45) is 3.19. The fourth-order valence-electron chi connectivity index (χ4n) is 3.28. The van der Waals surface area contributed by atoms with Gasteiger partial charge in [0.2, 0.25) is 0 Å². The molecule has 11 heteroatoms. The first-order chi connectivity index (χ1) is 16.9. The number of aliphatic hydroxyl groups excluding tert-OH is 1. The normalized spacial score (nSPS) is 21.5. The summed E-state index contributed by atoms with van der Waals surface area (Å²) in [7, 11) is 0. The maximum atomic E-state index is 11.8. The quantitative estimate of drug-likeness (QED) is 0.131. The fourth-order valence-corrected chi connectivity index (χ4v) is 3.28. The van der Waals surface area contributed by atoms with Crippen LogP contribution >= 0.6 is 0 Å². The first kappa shape index (κ1) is 27.9. The van der Waals surface area contributed by atoms with Crippen molar-refractivity contribution in [2.24, 2.45) is 0 Å². The highest BCUT2D eigenvalue weighted by Gasteiger charge is 2.45. The van der Waals surface area contributed by atoms with Crippen LogP contribution in [0.3, 0.4) is 0 Å². The van der Waals surface area contributed by atoms with Gasteiger partial charge >= 0.3 is 11.9 Å². The Labute approximate surface area is 205 Å². The molecule has 1 aliphatic carbocycles. The number of carboxylic acids is 1. The molecule has 3 unspecified atom stereocenters. The molecular weight excluding hydrogens is 476 g/mol. The Bertz CT molecular complexity index is 1150. The summed E-state index contributed by atoms with van der Waals surface area (Å²) in [5.74, 6) is -3.15. The molecule has 0 aliphatic heterocycles. The zero-order valence-electron chi connectivity index (χ0n) is 18.9. The number of allylic oxidation sites excluding steroid dienone is 1. The van der Waals surface area contributed by atoms with Crippen LogP contribution in [0.25, 0.3) is 12.2 Å². The molecule has 1 fully saturated rings. The van der Waals surface area contributed by atoms with Gasteiger partial charge in [-0.3, -0.25) is 4.79 Å². The summed E-state index contributed by atoms with van der Waals surface area (Å²) in [6.45, 7) is 0. The molecule has 11 nitrogen and oxygen atoms in total. The number of aldehydes is 1. The lowest BCUT2D eigenvalue weighted by Gasteiger charge is -2.35. The van der Waals surface area contributed by atoms with Gasteiger partial charge in [0.05, 0.1) is 6.10 Å². The summed E-state index contributed by atoms with van der Waals surface area (Å²) in [6, 6.07) is 8.31. The van der Waals surface area contributed by atoms with Crippen molar-refractivity contribution in [2.75, 3.05) is 0 Å². The summed E-state index contributed by atoms with van der Waals surface area (Å²) < 4.78 is 5.06. The van der Waals surface area contributed by atoms with Gasteiger partial charge in [0.25, 0.3) is 0 Å². The number of carbonyl (C=O) groups is 3. The second-order valence-corrected chi connectivity index (χ2v) is 7.95. The number of aromatic hydroxyl groups is 4. The van der Waals surface area contributed by atoms with Gasteiger partial charge < -0.3 is 40.5 Å². The standard InChI is InChI=1S/C16H18O8.C9H8O3/c17-10-3-1-9(7-11(10)18)2-4-14(20)24-13-5-6-16(23,15(21)22)8-12(13)19;10-5-1-2-7-3-4-8(11)9(12)6-7/h1-4,7,12-13,17-19,23H,5-6,8H2,(H,21,22);1-6,11-12H/b4-2+;2-1+. The van der Waals surface area contributed by atoms with E-state index in [1.54, 1.807) is 6.07 Å². The molecule has 0 spiro atoms. The molecule has 1 saturated carbocycles. The first-order valence-corrected chi connectivity index (χ1v) is 10.6. The largest absolute Gasteiger partial charge is 0.504 e. The lowest BCUT2D eigenvalue weighted by molar-refractivity contribution is -0.178. The Morgan fingerprint density at radius 2 is 1.47 bits per heavy atom. The minimum absolute atomic E-state index is 0.0174. The third kappa shape index (κ3) is 7.86. The lowest BCUT2D eigenvalue weighted by Crippen LogP contribution is -2.50. The van der Waals surface area contributed by atoms with Gasteiger partial charge in [-0.2, -0.15) is 0 Å². The van der Waals surface area contributed by atoms with E-state index in [1.807, 2.05) is 0 Å². The third-order valence-electron chi connectivity index (χ3n) is 5.26. The van der Waals surface area contributed by atoms with Crippen LogP contribution in [0.1, 0.15) is 30.4 Å². The van der Waals surface area contributed by atoms with Crippen molar-refractivity contribution in [2.45, 2.75) is 37.1 Å². The lowest BCUT2D eigenvalue weighted by atomic mass is 9.81. The van der Waals surface area contributed by atoms with Crippen LogP contribution in [0.4, 0.5) is 0 Å². The van der Waals surface area contributed by atoms with Crippen LogP contribution in [0.15, 0.2) is 48.6 Å². The molecule has 2 aromatic rings. The number of esters is 1. The van der Waals surface area contributed by atoms with Gasteiger partial charge in [0.1, 0.15) is 12.4 Å². The van der Waals surface area contributed by atoms with E-state index in [1.165, 1.54) is 48.6 Å². The Kier molecular flexibility index (Phi) is 9.59. The van der Waals surface area contributed by atoms with Crippen molar-refractivity contribution in [3.8, 4) is 23.0 Å². The Morgan fingerprint density at radius 1 is 0.917 bits per heavy atom. The molecule has 0 aromatic heterocycles. The van der Waals surface area contributed by atoms with Crippen molar-refractivity contribution in [1.82, 2.24) is 0 Å². The van der Waals surface area contributed by atoms with Crippen LogP contribution in [-0.2, 0) is 19.1 Å². The molecule has 0 heterocycles. The SMILES string of the molecule is O=C(/C=C/c1ccc(O)c(O)c1)OC1CCC(O)(C(=O)O)CC1O.O=C/C=C/c1ccc(O)c(O)c1. The van der Waals surface area contributed by atoms with Crippen LogP contribution in [0.5, 0.6) is 23.0 Å². The zero-order chi connectivity index (χ0) is 26.9. The number of benzene rings is 2. The number of carboxylic acid groups (broad SMARTS) is 1. The van der Waals surface area contributed by atoms with E-state index in [4.69, 9.17) is 20.1 Å². The highest BCUT2D eigenvalue weighted by Crippen LogP contribution is 2.31. The monoisotopic (exact) mass is 502 g/mol. The zero-order valence-corrected chi connectivity index (χ0v) is 18.9. The average molecular weight is 502 g/mol. The van der Waals surface area contributed by atoms with E-state index in [0.717, 1.165) is 6.08 Å². The fraction of sp³-hybridized carbons (Fsp3) is 0.240. The highest BCUT2D eigenvalue weighted by molar-refractivity contribution is 5.87. The van der Waals surface area contributed by atoms with E-state index in [-0.39, 0.29) is 35.8 Å². The van der Waals surface area contributed by atoms with Crippen molar-refractivity contribution >= 4 is 30.4 Å². The Morgan fingerprint density at radius 3 is 1.94 bits per heavy atom. The Balaban J connectivity index is 0.000000319. The average Bonchev–Trinajstić information content (AvgIpc) is 2.83.